The first-order valence-electron chi connectivity index (χ1n) is 6.34. The van der Waals surface area contributed by atoms with Crippen LogP contribution in [0, 0.1) is 6.92 Å². The van der Waals surface area contributed by atoms with Gasteiger partial charge in [0.15, 0.2) is 5.16 Å². The first-order chi connectivity index (χ1) is 9.17. The van der Waals surface area contributed by atoms with Gasteiger partial charge in [-0.2, -0.15) is 0 Å². The second-order valence-corrected chi connectivity index (χ2v) is 5.51. The van der Waals surface area contributed by atoms with Crippen LogP contribution in [-0.4, -0.2) is 21.0 Å². The minimum absolute atomic E-state index is 0.209. The topological polar surface area (TPSA) is 64.7 Å². The Morgan fingerprint density at radius 1 is 1.16 bits per heavy atom. The third kappa shape index (κ3) is 4.29. The predicted molar refractivity (Wildman–Crippen MR) is 77.1 cm³/mol. The van der Waals surface area contributed by atoms with Crippen LogP contribution in [0.3, 0.4) is 0 Å². The van der Waals surface area contributed by atoms with Crippen LogP contribution in [0.5, 0.6) is 0 Å². The van der Waals surface area contributed by atoms with E-state index in [1.807, 2.05) is 31.6 Å². The van der Waals surface area contributed by atoms with Crippen molar-refractivity contribution in [3.05, 3.63) is 41.9 Å². The zero-order valence-corrected chi connectivity index (χ0v) is 12.0. The molecule has 0 aliphatic carbocycles. The van der Waals surface area contributed by atoms with Crippen molar-refractivity contribution in [3.8, 4) is 0 Å². The lowest BCUT2D eigenvalue weighted by Crippen LogP contribution is -2.21. The maximum Gasteiger partial charge on any atom is 0.193 e. The Labute approximate surface area is 117 Å². The summed E-state index contributed by atoms with van der Waals surface area (Å²) in [5.74, 6) is 0. The molecule has 0 bridgehead atoms. The Balaban J connectivity index is 2.00. The summed E-state index contributed by atoms with van der Waals surface area (Å²) in [6.45, 7) is 4.06. The van der Waals surface area contributed by atoms with Gasteiger partial charge in [0.05, 0.1) is 0 Å². The average Bonchev–Trinajstić information content (AvgIpc) is 2.43. The summed E-state index contributed by atoms with van der Waals surface area (Å²) >= 11 is 1.47. The highest BCUT2D eigenvalue weighted by atomic mass is 32.2. The SMILES string of the molecule is CCC(N)Cc1ccc(Sc2ncc(C)cn2)nc1. The molecule has 2 rings (SSSR count). The summed E-state index contributed by atoms with van der Waals surface area (Å²) in [5, 5.41) is 1.62. The van der Waals surface area contributed by atoms with Gasteiger partial charge in [0.25, 0.3) is 0 Å². The van der Waals surface area contributed by atoms with Gasteiger partial charge in [-0.3, -0.25) is 0 Å². The van der Waals surface area contributed by atoms with Gasteiger partial charge in [-0.1, -0.05) is 13.0 Å². The van der Waals surface area contributed by atoms with Crippen molar-refractivity contribution in [2.75, 3.05) is 0 Å². The van der Waals surface area contributed by atoms with Crippen LogP contribution in [0.1, 0.15) is 24.5 Å². The number of aromatic nitrogens is 3. The number of hydrogen-bond donors (Lipinski definition) is 1. The summed E-state index contributed by atoms with van der Waals surface area (Å²) in [4.78, 5) is 12.9. The molecule has 0 fully saturated rings. The summed E-state index contributed by atoms with van der Waals surface area (Å²) in [5.41, 5.74) is 8.15. The molecule has 2 aromatic rings. The first kappa shape index (κ1) is 14.0. The third-order valence-corrected chi connectivity index (χ3v) is 3.62. The average molecular weight is 274 g/mol. The molecule has 0 saturated carbocycles. The molecule has 0 radical (unpaired) electrons. The Morgan fingerprint density at radius 2 is 1.89 bits per heavy atom. The van der Waals surface area contributed by atoms with Crippen molar-refractivity contribution in [2.45, 2.75) is 42.9 Å². The molecule has 4 nitrogen and oxygen atoms in total. The maximum atomic E-state index is 5.93. The molecule has 2 N–H and O–H groups in total. The number of nitrogens with zero attached hydrogens (tertiary/aromatic N) is 3. The van der Waals surface area contributed by atoms with Crippen LogP contribution in [0.2, 0.25) is 0 Å². The summed E-state index contributed by atoms with van der Waals surface area (Å²) in [7, 11) is 0. The molecule has 0 amide bonds. The van der Waals surface area contributed by atoms with Crippen LogP contribution >= 0.6 is 11.8 Å². The lowest BCUT2D eigenvalue weighted by molar-refractivity contribution is 0.644. The fraction of sp³-hybridized carbons (Fsp3) is 0.357. The van der Waals surface area contributed by atoms with Crippen molar-refractivity contribution in [2.24, 2.45) is 5.73 Å². The van der Waals surface area contributed by atoms with Crippen LogP contribution in [0.25, 0.3) is 0 Å². The fourth-order valence-corrected chi connectivity index (χ4v) is 2.21. The molecule has 0 saturated heterocycles. The lowest BCUT2D eigenvalue weighted by Gasteiger charge is -2.08. The quantitative estimate of drug-likeness (QED) is 0.849. The van der Waals surface area contributed by atoms with Gasteiger partial charge in [0, 0.05) is 24.6 Å². The zero-order valence-electron chi connectivity index (χ0n) is 11.2. The van der Waals surface area contributed by atoms with E-state index in [0.29, 0.717) is 0 Å². The van der Waals surface area contributed by atoms with E-state index in [9.17, 15) is 0 Å². The molecule has 100 valence electrons. The minimum Gasteiger partial charge on any atom is -0.327 e. The number of hydrogen-bond acceptors (Lipinski definition) is 5. The molecule has 1 unspecified atom stereocenters. The van der Waals surface area contributed by atoms with Gasteiger partial charge in [0.2, 0.25) is 0 Å². The van der Waals surface area contributed by atoms with E-state index in [-0.39, 0.29) is 6.04 Å². The molecule has 0 aliphatic heterocycles. The van der Waals surface area contributed by atoms with Gasteiger partial charge in [0.1, 0.15) is 5.03 Å². The van der Waals surface area contributed by atoms with Gasteiger partial charge >= 0.3 is 0 Å². The number of aryl methyl sites for hydroxylation is 1. The van der Waals surface area contributed by atoms with Gasteiger partial charge in [-0.25, -0.2) is 15.0 Å². The van der Waals surface area contributed by atoms with Crippen LogP contribution in [0.4, 0.5) is 0 Å². The van der Waals surface area contributed by atoms with Crippen LogP contribution in [-0.2, 0) is 6.42 Å². The highest BCUT2D eigenvalue weighted by molar-refractivity contribution is 7.99. The molecular weight excluding hydrogens is 256 g/mol. The second kappa shape index (κ2) is 6.63. The van der Waals surface area contributed by atoms with Crippen LogP contribution in [0.15, 0.2) is 40.9 Å². The number of rotatable bonds is 5. The van der Waals surface area contributed by atoms with E-state index in [4.69, 9.17) is 5.73 Å². The highest BCUT2D eigenvalue weighted by Crippen LogP contribution is 2.22. The van der Waals surface area contributed by atoms with E-state index >= 15 is 0 Å². The smallest absolute Gasteiger partial charge is 0.193 e. The van der Waals surface area contributed by atoms with Crippen molar-refractivity contribution in [1.29, 1.82) is 0 Å². The summed E-state index contributed by atoms with van der Waals surface area (Å²) in [6.07, 6.45) is 7.35. The molecule has 0 aliphatic rings. The largest absolute Gasteiger partial charge is 0.327 e. The first-order valence-corrected chi connectivity index (χ1v) is 7.16. The standard InChI is InChI=1S/C14H18N4S/c1-3-12(15)6-11-4-5-13(16-9-11)19-14-17-7-10(2)8-18-14/h4-5,7-9,12H,3,6,15H2,1-2H3. The summed E-state index contributed by atoms with van der Waals surface area (Å²) in [6, 6.07) is 4.27. The molecular formula is C14H18N4S. The molecule has 2 aromatic heterocycles. The van der Waals surface area contributed by atoms with Gasteiger partial charge in [-0.05, 0) is 48.7 Å². The van der Waals surface area contributed by atoms with Crippen molar-refractivity contribution in [3.63, 3.8) is 0 Å². The van der Waals surface area contributed by atoms with Crippen molar-refractivity contribution >= 4 is 11.8 Å². The Kier molecular flexibility index (Phi) is 4.87. The van der Waals surface area contributed by atoms with Crippen molar-refractivity contribution in [1.82, 2.24) is 15.0 Å². The van der Waals surface area contributed by atoms with Gasteiger partial charge in [-0.15, -0.1) is 0 Å². The second-order valence-electron chi connectivity index (χ2n) is 4.52. The Morgan fingerprint density at radius 3 is 2.47 bits per heavy atom. The van der Waals surface area contributed by atoms with E-state index in [1.54, 1.807) is 0 Å². The Hall–Kier alpha value is -1.46. The van der Waals surface area contributed by atoms with Crippen molar-refractivity contribution < 1.29 is 0 Å². The lowest BCUT2D eigenvalue weighted by atomic mass is 10.1. The van der Waals surface area contributed by atoms with E-state index in [1.165, 1.54) is 17.3 Å². The predicted octanol–water partition coefficient (Wildman–Crippen LogP) is 2.61. The monoisotopic (exact) mass is 274 g/mol. The molecule has 1 atom stereocenters. The van der Waals surface area contributed by atoms with E-state index in [0.717, 1.165) is 28.6 Å². The summed E-state index contributed by atoms with van der Waals surface area (Å²) < 4.78 is 0. The Bertz CT molecular complexity index is 510. The third-order valence-electron chi connectivity index (χ3n) is 2.77. The number of nitrogens with two attached hydrogens (primary N) is 1. The van der Waals surface area contributed by atoms with Crippen LogP contribution < -0.4 is 5.73 Å². The highest BCUT2D eigenvalue weighted by Gasteiger charge is 2.04. The molecule has 0 spiro atoms. The van der Waals surface area contributed by atoms with E-state index in [2.05, 4.69) is 27.9 Å². The van der Waals surface area contributed by atoms with Gasteiger partial charge < -0.3 is 5.73 Å². The molecule has 0 aromatic carbocycles. The minimum atomic E-state index is 0.209. The molecule has 2 heterocycles. The molecule has 19 heavy (non-hydrogen) atoms. The molecule has 5 heteroatoms. The maximum absolute atomic E-state index is 5.93. The fourth-order valence-electron chi connectivity index (χ4n) is 1.57. The zero-order chi connectivity index (χ0) is 13.7. The number of pyridine rings is 1. The van der Waals surface area contributed by atoms with E-state index < -0.39 is 0 Å². The normalized spacial score (nSPS) is 12.4.